The molecule has 0 saturated heterocycles. The molecule has 0 bridgehead atoms. The van der Waals surface area contributed by atoms with Gasteiger partial charge in [0.05, 0.1) is 10.7 Å². The molecular formula is C11H18N2S. The highest BCUT2D eigenvalue weighted by molar-refractivity contribution is 7.09. The van der Waals surface area contributed by atoms with Crippen molar-refractivity contribution in [3.63, 3.8) is 0 Å². The summed E-state index contributed by atoms with van der Waals surface area (Å²) >= 11 is 1.82. The predicted octanol–water partition coefficient (Wildman–Crippen LogP) is 2.60. The molecule has 78 valence electrons. The van der Waals surface area contributed by atoms with Gasteiger partial charge in [-0.05, 0) is 31.7 Å². The van der Waals surface area contributed by atoms with E-state index in [0.29, 0.717) is 0 Å². The summed E-state index contributed by atoms with van der Waals surface area (Å²) in [6.45, 7) is 4.22. The van der Waals surface area contributed by atoms with Gasteiger partial charge in [0.1, 0.15) is 0 Å². The maximum atomic E-state index is 4.62. The number of nitrogens with zero attached hydrogens (tertiary/aromatic N) is 1. The van der Waals surface area contributed by atoms with E-state index in [1.807, 2.05) is 11.3 Å². The van der Waals surface area contributed by atoms with Crippen LogP contribution in [0, 0.1) is 5.92 Å². The van der Waals surface area contributed by atoms with E-state index >= 15 is 0 Å². The van der Waals surface area contributed by atoms with Crippen molar-refractivity contribution in [1.29, 1.82) is 0 Å². The fraction of sp³-hybridized carbons (Fsp3) is 0.727. The van der Waals surface area contributed by atoms with Crippen molar-refractivity contribution in [2.45, 2.75) is 39.2 Å². The van der Waals surface area contributed by atoms with Crippen molar-refractivity contribution in [2.75, 3.05) is 6.54 Å². The average Bonchev–Trinajstić information content (AvgIpc) is 2.87. The van der Waals surface area contributed by atoms with Crippen molar-refractivity contribution in [1.82, 2.24) is 10.3 Å². The Balaban J connectivity index is 1.76. The van der Waals surface area contributed by atoms with E-state index < -0.39 is 0 Å². The molecule has 3 heteroatoms. The minimum atomic E-state index is 0.939. The summed E-state index contributed by atoms with van der Waals surface area (Å²) < 4.78 is 0. The van der Waals surface area contributed by atoms with Crippen molar-refractivity contribution >= 4 is 11.3 Å². The Hall–Kier alpha value is -0.410. The Morgan fingerprint density at radius 3 is 3.14 bits per heavy atom. The molecule has 1 aliphatic carbocycles. The summed E-state index contributed by atoms with van der Waals surface area (Å²) in [5.74, 6) is 0.956. The fourth-order valence-electron chi connectivity index (χ4n) is 1.49. The van der Waals surface area contributed by atoms with Gasteiger partial charge in [0.15, 0.2) is 0 Å². The van der Waals surface area contributed by atoms with E-state index in [0.717, 1.165) is 19.0 Å². The summed E-state index contributed by atoms with van der Waals surface area (Å²) in [5, 5.41) is 6.91. The van der Waals surface area contributed by atoms with E-state index in [1.54, 1.807) is 0 Å². The normalized spacial score (nSPS) is 16.1. The third-order valence-electron chi connectivity index (χ3n) is 2.49. The number of hydrogen-bond acceptors (Lipinski definition) is 3. The van der Waals surface area contributed by atoms with Gasteiger partial charge in [0, 0.05) is 18.3 Å². The Morgan fingerprint density at radius 2 is 2.43 bits per heavy atom. The Kier molecular flexibility index (Phi) is 3.54. The lowest BCUT2D eigenvalue weighted by Gasteiger charge is -1.98. The first-order valence-electron chi connectivity index (χ1n) is 5.52. The van der Waals surface area contributed by atoms with Crippen LogP contribution < -0.4 is 5.32 Å². The van der Waals surface area contributed by atoms with E-state index in [-0.39, 0.29) is 0 Å². The largest absolute Gasteiger partial charge is 0.311 e. The predicted molar refractivity (Wildman–Crippen MR) is 60.5 cm³/mol. The molecule has 1 aliphatic rings. The second kappa shape index (κ2) is 4.89. The van der Waals surface area contributed by atoms with Crippen LogP contribution in [-0.4, -0.2) is 11.5 Å². The zero-order valence-electron chi connectivity index (χ0n) is 8.75. The van der Waals surface area contributed by atoms with E-state index in [4.69, 9.17) is 0 Å². The minimum absolute atomic E-state index is 0.939. The maximum absolute atomic E-state index is 4.62. The molecule has 1 N–H and O–H groups in total. The number of nitrogens with one attached hydrogen (secondary N) is 1. The molecule has 0 radical (unpaired) electrons. The summed E-state index contributed by atoms with van der Waals surface area (Å²) in [6.07, 6.45) is 5.25. The highest BCUT2D eigenvalue weighted by atomic mass is 32.1. The second-order valence-electron chi connectivity index (χ2n) is 4.06. The van der Waals surface area contributed by atoms with Crippen molar-refractivity contribution < 1.29 is 0 Å². The van der Waals surface area contributed by atoms with Crippen LogP contribution in [0.4, 0.5) is 0 Å². The van der Waals surface area contributed by atoms with Crippen LogP contribution in [0.2, 0.25) is 0 Å². The second-order valence-corrected chi connectivity index (χ2v) is 5.00. The number of rotatable bonds is 6. The molecule has 0 unspecified atom stereocenters. The van der Waals surface area contributed by atoms with Crippen LogP contribution in [0.15, 0.2) is 5.38 Å². The average molecular weight is 210 g/mol. The van der Waals surface area contributed by atoms with Gasteiger partial charge in [-0.15, -0.1) is 11.3 Å². The maximum Gasteiger partial charge on any atom is 0.0931 e. The molecule has 1 saturated carbocycles. The van der Waals surface area contributed by atoms with Crippen LogP contribution in [0.1, 0.15) is 36.9 Å². The monoisotopic (exact) mass is 210 g/mol. The third kappa shape index (κ3) is 3.07. The lowest BCUT2D eigenvalue weighted by molar-refractivity contribution is 0.664. The van der Waals surface area contributed by atoms with Gasteiger partial charge in [-0.25, -0.2) is 4.98 Å². The van der Waals surface area contributed by atoms with Gasteiger partial charge in [-0.3, -0.25) is 0 Å². The van der Waals surface area contributed by atoms with Gasteiger partial charge in [0.25, 0.3) is 0 Å². The van der Waals surface area contributed by atoms with Gasteiger partial charge in [0.2, 0.25) is 0 Å². The summed E-state index contributed by atoms with van der Waals surface area (Å²) in [5.41, 5.74) is 1.22. The standard InChI is InChI=1S/C11H18N2S/c1-2-5-12-7-10-8-14-11(13-10)6-9-3-4-9/h8-9,12H,2-7H2,1H3. The molecule has 2 rings (SSSR count). The smallest absolute Gasteiger partial charge is 0.0931 e. The third-order valence-corrected chi connectivity index (χ3v) is 3.41. The van der Waals surface area contributed by atoms with Crippen molar-refractivity contribution in [2.24, 2.45) is 5.92 Å². The number of hydrogen-bond donors (Lipinski definition) is 1. The van der Waals surface area contributed by atoms with Gasteiger partial charge in [-0.2, -0.15) is 0 Å². The Labute approximate surface area is 89.8 Å². The quantitative estimate of drug-likeness (QED) is 0.730. The molecule has 2 nitrogen and oxygen atoms in total. The molecule has 1 aromatic heterocycles. The first kappa shape index (κ1) is 10.1. The minimum Gasteiger partial charge on any atom is -0.311 e. The molecule has 0 aliphatic heterocycles. The van der Waals surface area contributed by atoms with Crippen LogP contribution in [0.3, 0.4) is 0 Å². The molecule has 1 fully saturated rings. The molecule has 1 aromatic rings. The van der Waals surface area contributed by atoms with E-state index in [9.17, 15) is 0 Å². The zero-order valence-corrected chi connectivity index (χ0v) is 9.57. The van der Waals surface area contributed by atoms with Crippen molar-refractivity contribution in [3.05, 3.63) is 16.1 Å². The highest BCUT2D eigenvalue weighted by Gasteiger charge is 2.22. The molecule has 0 amide bonds. The van der Waals surface area contributed by atoms with Crippen LogP contribution in [0.25, 0.3) is 0 Å². The highest BCUT2D eigenvalue weighted by Crippen LogP contribution is 2.33. The summed E-state index contributed by atoms with van der Waals surface area (Å²) in [7, 11) is 0. The summed E-state index contributed by atoms with van der Waals surface area (Å²) in [6, 6.07) is 0. The van der Waals surface area contributed by atoms with Gasteiger partial charge in [-0.1, -0.05) is 6.92 Å². The molecule has 14 heavy (non-hydrogen) atoms. The van der Waals surface area contributed by atoms with Crippen LogP contribution >= 0.6 is 11.3 Å². The molecule has 0 spiro atoms. The first-order valence-corrected chi connectivity index (χ1v) is 6.40. The lowest BCUT2D eigenvalue weighted by atomic mass is 10.3. The SMILES string of the molecule is CCCNCc1csc(CC2CC2)n1. The Bertz CT molecular complexity index is 279. The van der Waals surface area contributed by atoms with E-state index in [2.05, 4.69) is 22.6 Å². The fourth-order valence-corrected chi connectivity index (χ4v) is 2.40. The Morgan fingerprint density at radius 1 is 1.57 bits per heavy atom. The van der Waals surface area contributed by atoms with Gasteiger partial charge >= 0.3 is 0 Å². The topological polar surface area (TPSA) is 24.9 Å². The molecular weight excluding hydrogens is 192 g/mol. The first-order chi connectivity index (χ1) is 6.88. The van der Waals surface area contributed by atoms with Crippen LogP contribution in [0.5, 0.6) is 0 Å². The lowest BCUT2D eigenvalue weighted by Crippen LogP contribution is -2.13. The summed E-state index contributed by atoms with van der Waals surface area (Å²) in [4.78, 5) is 4.62. The number of thiazole rings is 1. The zero-order chi connectivity index (χ0) is 9.80. The molecule has 0 aromatic carbocycles. The van der Waals surface area contributed by atoms with Gasteiger partial charge < -0.3 is 5.32 Å². The van der Waals surface area contributed by atoms with Crippen molar-refractivity contribution in [3.8, 4) is 0 Å². The number of aromatic nitrogens is 1. The van der Waals surface area contributed by atoms with Crippen LogP contribution in [-0.2, 0) is 13.0 Å². The van der Waals surface area contributed by atoms with E-state index in [1.165, 1.54) is 36.4 Å². The molecule has 1 heterocycles. The molecule has 0 atom stereocenters.